The number of benzene rings is 1. The molecule has 0 bridgehead atoms. The zero-order valence-electron chi connectivity index (χ0n) is 20.1. The van der Waals surface area contributed by atoms with E-state index in [4.69, 9.17) is 9.72 Å². The number of nitrogens with one attached hydrogen (secondary N) is 2. The zero-order valence-corrected chi connectivity index (χ0v) is 20.9. The average Bonchev–Trinajstić information content (AvgIpc) is 3.19. The van der Waals surface area contributed by atoms with Gasteiger partial charge in [0, 0.05) is 39.2 Å². The number of rotatable bonds is 8. The SMILES string of the molecule is CNCCN(C)S(=O)(=O)c1ccc(-c2nc3c(c(C4CCCCC4)nn3C)c(=O)[nH]2)c(OC)c1. The van der Waals surface area contributed by atoms with E-state index in [9.17, 15) is 13.2 Å². The van der Waals surface area contributed by atoms with Gasteiger partial charge in [0.1, 0.15) is 17.0 Å². The predicted octanol–water partition coefficient (Wildman–Crippen LogP) is 2.22. The summed E-state index contributed by atoms with van der Waals surface area (Å²) in [5.41, 5.74) is 1.57. The van der Waals surface area contributed by atoms with Gasteiger partial charge >= 0.3 is 0 Å². The fourth-order valence-electron chi connectivity index (χ4n) is 4.57. The Hall–Kier alpha value is -2.76. The number of nitrogens with zero attached hydrogens (tertiary/aromatic N) is 4. The minimum Gasteiger partial charge on any atom is -0.496 e. The number of ether oxygens (including phenoxy) is 1. The van der Waals surface area contributed by atoms with Crippen molar-refractivity contribution in [3.8, 4) is 17.1 Å². The van der Waals surface area contributed by atoms with Crippen LogP contribution in [0.25, 0.3) is 22.4 Å². The summed E-state index contributed by atoms with van der Waals surface area (Å²) in [6.45, 7) is 0.863. The number of methoxy groups -OCH3 is 1. The van der Waals surface area contributed by atoms with E-state index in [2.05, 4.69) is 15.4 Å². The molecule has 2 heterocycles. The van der Waals surface area contributed by atoms with Gasteiger partial charge in [-0.1, -0.05) is 19.3 Å². The Kier molecular flexibility index (Phi) is 7.06. The topological polar surface area (TPSA) is 122 Å². The van der Waals surface area contributed by atoms with Gasteiger partial charge in [0.2, 0.25) is 10.0 Å². The fourth-order valence-corrected chi connectivity index (χ4v) is 5.76. The van der Waals surface area contributed by atoms with Crippen molar-refractivity contribution in [2.45, 2.75) is 42.9 Å². The van der Waals surface area contributed by atoms with Crippen molar-refractivity contribution in [1.82, 2.24) is 29.4 Å². The van der Waals surface area contributed by atoms with Crippen molar-refractivity contribution in [1.29, 1.82) is 0 Å². The van der Waals surface area contributed by atoms with E-state index in [0.29, 0.717) is 41.3 Å². The molecule has 1 saturated carbocycles. The van der Waals surface area contributed by atoms with E-state index in [1.165, 1.54) is 37.0 Å². The summed E-state index contributed by atoms with van der Waals surface area (Å²) in [5.74, 6) is 0.880. The predicted molar refractivity (Wildman–Crippen MR) is 131 cm³/mol. The van der Waals surface area contributed by atoms with E-state index < -0.39 is 10.0 Å². The minimum atomic E-state index is -3.69. The van der Waals surface area contributed by atoms with Crippen LogP contribution in [0.15, 0.2) is 27.9 Å². The van der Waals surface area contributed by atoms with Gasteiger partial charge in [-0.25, -0.2) is 18.1 Å². The largest absolute Gasteiger partial charge is 0.496 e. The Labute approximate surface area is 199 Å². The van der Waals surface area contributed by atoms with Crippen molar-refractivity contribution in [2.24, 2.45) is 7.05 Å². The molecule has 3 aromatic rings. The van der Waals surface area contributed by atoms with Crippen LogP contribution in [0, 0.1) is 0 Å². The van der Waals surface area contributed by atoms with Gasteiger partial charge < -0.3 is 15.0 Å². The number of likely N-dealkylation sites (N-methyl/N-ethyl adjacent to an activating group) is 2. The molecule has 4 rings (SSSR count). The van der Waals surface area contributed by atoms with E-state index in [1.54, 1.807) is 24.8 Å². The van der Waals surface area contributed by atoms with Crippen molar-refractivity contribution in [2.75, 3.05) is 34.3 Å². The highest BCUT2D eigenvalue weighted by molar-refractivity contribution is 7.89. The summed E-state index contributed by atoms with van der Waals surface area (Å²) in [5, 5.41) is 8.13. The van der Waals surface area contributed by atoms with Crippen LogP contribution in [0.1, 0.15) is 43.7 Å². The number of hydrogen-bond acceptors (Lipinski definition) is 7. The van der Waals surface area contributed by atoms with Crippen LogP contribution in [-0.2, 0) is 17.1 Å². The van der Waals surface area contributed by atoms with Crippen LogP contribution >= 0.6 is 0 Å². The molecular weight excluding hydrogens is 456 g/mol. The molecule has 10 nitrogen and oxygen atoms in total. The van der Waals surface area contributed by atoms with Gasteiger partial charge in [-0.05, 0) is 32.0 Å². The lowest BCUT2D eigenvalue weighted by Crippen LogP contribution is -2.32. The number of H-pyrrole nitrogens is 1. The van der Waals surface area contributed by atoms with Gasteiger partial charge in [0.25, 0.3) is 5.56 Å². The van der Waals surface area contributed by atoms with Crippen molar-refractivity contribution in [3.05, 3.63) is 34.2 Å². The quantitative estimate of drug-likeness (QED) is 0.498. The molecule has 2 N–H and O–H groups in total. The molecule has 1 aromatic carbocycles. The Morgan fingerprint density at radius 2 is 2.00 bits per heavy atom. The molecule has 0 atom stereocenters. The van der Waals surface area contributed by atoms with Crippen LogP contribution in [0.3, 0.4) is 0 Å². The third-order valence-electron chi connectivity index (χ3n) is 6.53. The first-order valence-corrected chi connectivity index (χ1v) is 13.0. The molecule has 1 fully saturated rings. The maximum absolute atomic E-state index is 13.2. The van der Waals surface area contributed by atoms with Crippen molar-refractivity contribution < 1.29 is 13.2 Å². The lowest BCUT2D eigenvalue weighted by atomic mass is 9.86. The molecule has 1 aliphatic rings. The van der Waals surface area contributed by atoms with Crippen molar-refractivity contribution in [3.63, 3.8) is 0 Å². The van der Waals surface area contributed by atoms with Gasteiger partial charge in [-0.2, -0.15) is 9.40 Å². The van der Waals surface area contributed by atoms with E-state index in [1.807, 2.05) is 0 Å². The number of aryl methyl sites for hydroxylation is 1. The van der Waals surface area contributed by atoms with Gasteiger partial charge in [-0.15, -0.1) is 0 Å². The van der Waals surface area contributed by atoms with Crippen LogP contribution in [0.5, 0.6) is 5.75 Å². The monoisotopic (exact) mass is 488 g/mol. The summed E-state index contributed by atoms with van der Waals surface area (Å²) < 4.78 is 34.3. The molecule has 34 heavy (non-hydrogen) atoms. The highest BCUT2D eigenvalue weighted by Gasteiger charge is 2.26. The molecule has 0 aliphatic heterocycles. The number of hydrogen-bond donors (Lipinski definition) is 2. The maximum Gasteiger partial charge on any atom is 0.262 e. The van der Waals surface area contributed by atoms with Gasteiger partial charge in [-0.3, -0.25) is 4.79 Å². The standard InChI is InChI=1S/C23H32N6O4S/c1-24-12-13-28(2)34(31,32)16-10-11-17(18(14-16)33-4)21-25-22-19(23(30)26-21)20(27-29(22)3)15-8-6-5-7-9-15/h10-11,14-15,24H,5-9,12-13H2,1-4H3,(H,25,26,30). The normalized spacial score (nSPS) is 15.3. The Morgan fingerprint density at radius 3 is 2.68 bits per heavy atom. The van der Waals surface area contributed by atoms with Gasteiger partial charge in [0.05, 0.1) is 23.3 Å². The first-order valence-electron chi connectivity index (χ1n) is 11.5. The Balaban J connectivity index is 1.76. The number of sulfonamides is 1. The Bertz CT molecular complexity index is 1340. The Morgan fingerprint density at radius 1 is 1.26 bits per heavy atom. The number of aromatic amines is 1. The molecule has 184 valence electrons. The summed E-state index contributed by atoms with van der Waals surface area (Å²) in [4.78, 5) is 20.8. The lowest BCUT2D eigenvalue weighted by molar-refractivity contribution is 0.414. The number of aromatic nitrogens is 4. The summed E-state index contributed by atoms with van der Waals surface area (Å²) in [6, 6.07) is 4.57. The molecule has 0 radical (unpaired) electrons. The maximum atomic E-state index is 13.2. The molecule has 0 saturated heterocycles. The molecule has 2 aromatic heterocycles. The second-order valence-corrected chi connectivity index (χ2v) is 10.8. The molecule has 1 aliphatic carbocycles. The second kappa shape index (κ2) is 9.85. The average molecular weight is 489 g/mol. The zero-order chi connectivity index (χ0) is 24.5. The summed E-state index contributed by atoms with van der Waals surface area (Å²) in [6.07, 6.45) is 5.56. The molecule has 0 amide bonds. The van der Waals surface area contributed by atoms with E-state index >= 15 is 0 Å². The molecule has 0 spiro atoms. The first kappa shape index (κ1) is 24.4. The second-order valence-electron chi connectivity index (χ2n) is 8.75. The molecular formula is C23H32N6O4S. The van der Waals surface area contributed by atoms with E-state index in [-0.39, 0.29) is 16.4 Å². The highest BCUT2D eigenvalue weighted by atomic mass is 32.2. The smallest absolute Gasteiger partial charge is 0.262 e. The summed E-state index contributed by atoms with van der Waals surface area (Å²) >= 11 is 0. The molecule has 11 heteroatoms. The van der Waals surface area contributed by atoms with Crippen LogP contribution in [0.2, 0.25) is 0 Å². The van der Waals surface area contributed by atoms with E-state index in [0.717, 1.165) is 31.4 Å². The van der Waals surface area contributed by atoms with Crippen LogP contribution in [-0.4, -0.2) is 66.8 Å². The van der Waals surface area contributed by atoms with Gasteiger partial charge in [0.15, 0.2) is 5.65 Å². The highest BCUT2D eigenvalue weighted by Crippen LogP contribution is 2.35. The number of fused-ring (bicyclic) bond motifs is 1. The fraction of sp³-hybridized carbons (Fsp3) is 0.522. The molecule has 0 unspecified atom stereocenters. The summed E-state index contributed by atoms with van der Waals surface area (Å²) in [7, 11) is 2.86. The third-order valence-corrected chi connectivity index (χ3v) is 8.38. The van der Waals surface area contributed by atoms with Crippen molar-refractivity contribution >= 4 is 21.1 Å². The van der Waals surface area contributed by atoms with Crippen LogP contribution in [0.4, 0.5) is 0 Å². The third kappa shape index (κ3) is 4.47. The van der Waals surface area contributed by atoms with Crippen LogP contribution < -0.4 is 15.6 Å². The minimum absolute atomic E-state index is 0.107. The first-order chi connectivity index (χ1) is 16.3. The lowest BCUT2D eigenvalue weighted by Gasteiger charge is -2.19.